The molecule has 4 heteroatoms. The molecule has 0 bridgehead atoms. The lowest BCUT2D eigenvalue weighted by molar-refractivity contribution is 0.669. The van der Waals surface area contributed by atoms with Gasteiger partial charge in [0, 0.05) is 55.1 Å². The molecule has 0 radical (unpaired) electrons. The molecule has 0 aliphatic heterocycles. The van der Waals surface area contributed by atoms with Crippen LogP contribution in [0, 0.1) is 0 Å². The van der Waals surface area contributed by atoms with Crippen LogP contribution in [0.3, 0.4) is 0 Å². The normalized spacial score (nSPS) is 12.0. The molecule has 11 rings (SSSR count). The summed E-state index contributed by atoms with van der Waals surface area (Å²) in [4.78, 5) is 2.37. The van der Waals surface area contributed by atoms with Gasteiger partial charge in [-0.25, -0.2) is 0 Å². The molecule has 234 valence electrons. The van der Waals surface area contributed by atoms with Crippen molar-refractivity contribution in [3.63, 3.8) is 0 Å². The van der Waals surface area contributed by atoms with Crippen molar-refractivity contribution in [3.8, 4) is 5.69 Å². The number of anilines is 3. The van der Waals surface area contributed by atoms with Crippen LogP contribution in [0.15, 0.2) is 179 Å². The lowest BCUT2D eigenvalue weighted by atomic mass is 10.0. The van der Waals surface area contributed by atoms with Crippen LogP contribution in [0.2, 0.25) is 0 Å². The van der Waals surface area contributed by atoms with Crippen LogP contribution in [-0.2, 0) is 0 Å². The van der Waals surface area contributed by atoms with Crippen molar-refractivity contribution in [3.05, 3.63) is 170 Å². The molecule has 0 fully saturated rings. The summed E-state index contributed by atoms with van der Waals surface area (Å²) in [6.45, 7) is 0. The zero-order chi connectivity index (χ0) is 32.8. The Morgan fingerprint density at radius 2 is 0.920 bits per heavy atom. The number of fused-ring (bicyclic) bond motifs is 10. The fraction of sp³-hybridized carbons (Fsp3) is 0. The molecule has 0 atom stereocenters. The molecular formula is C46H28N2O2. The Kier molecular flexibility index (Phi) is 5.63. The first-order chi connectivity index (χ1) is 24.8. The van der Waals surface area contributed by atoms with Gasteiger partial charge in [0.2, 0.25) is 0 Å². The highest BCUT2D eigenvalue weighted by Gasteiger charge is 2.20. The van der Waals surface area contributed by atoms with E-state index in [0.29, 0.717) is 0 Å². The Balaban J connectivity index is 1.18. The van der Waals surface area contributed by atoms with Crippen molar-refractivity contribution >= 4 is 93.5 Å². The van der Waals surface area contributed by atoms with Gasteiger partial charge in [-0.05, 0) is 95.7 Å². The third-order valence-electron chi connectivity index (χ3n) is 10.1. The highest BCUT2D eigenvalue weighted by atomic mass is 16.3. The van der Waals surface area contributed by atoms with Crippen LogP contribution in [0.4, 0.5) is 17.1 Å². The van der Waals surface area contributed by atoms with E-state index in [2.05, 4.69) is 155 Å². The highest BCUT2D eigenvalue weighted by Crippen LogP contribution is 2.43. The Morgan fingerprint density at radius 1 is 0.340 bits per heavy atom. The van der Waals surface area contributed by atoms with Crippen molar-refractivity contribution in [2.45, 2.75) is 0 Å². The number of aromatic nitrogens is 1. The second kappa shape index (κ2) is 10.4. The van der Waals surface area contributed by atoms with Gasteiger partial charge in [-0.2, -0.15) is 0 Å². The van der Waals surface area contributed by atoms with Crippen LogP contribution in [0.25, 0.3) is 82.1 Å². The van der Waals surface area contributed by atoms with Gasteiger partial charge in [-0.1, -0.05) is 84.9 Å². The van der Waals surface area contributed by atoms with Crippen molar-refractivity contribution in [1.82, 2.24) is 4.57 Å². The SMILES string of the molecule is c1ccc(-n2c3ccccc3c3ccc(N(c4ccc5cc6oc7ccccc7c6cc5c4)c4ccc5oc6ccccc6c5c4)cc32)cc1. The number of hydrogen-bond donors (Lipinski definition) is 0. The molecule has 8 aromatic carbocycles. The van der Waals surface area contributed by atoms with Gasteiger partial charge in [0.25, 0.3) is 0 Å². The van der Waals surface area contributed by atoms with Gasteiger partial charge >= 0.3 is 0 Å². The summed E-state index contributed by atoms with van der Waals surface area (Å²) in [6, 6.07) is 60.3. The molecular weight excluding hydrogens is 613 g/mol. The maximum absolute atomic E-state index is 6.25. The third kappa shape index (κ3) is 3.99. The maximum atomic E-state index is 6.25. The van der Waals surface area contributed by atoms with Gasteiger partial charge in [-0.3, -0.25) is 0 Å². The molecule has 0 N–H and O–H groups in total. The van der Waals surface area contributed by atoms with Crippen molar-refractivity contribution in [2.24, 2.45) is 0 Å². The molecule has 3 aromatic heterocycles. The van der Waals surface area contributed by atoms with Crippen LogP contribution in [0.5, 0.6) is 0 Å². The van der Waals surface area contributed by atoms with Crippen molar-refractivity contribution in [1.29, 1.82) is 0 Å². The Morgan fingerprint density at radius 3 is 1.74 bits per heavy atom. The minimum Gasteiger partial charge on any atom is -0.456 e. The summed E-state index contributed by atoms with van der Waals surface area (Å²) in [6.07, 6.45) is 0. The first kappa shape index (κ1) is 27.2. The van der Waals surface area contributed by atoms with Crippen LogP contribution >= 0.6 is 0 Å². The molecule has 0 spiro atoms. The molecule has 11 aromatic rings. The average Bonchev–Trinajstić information content (AvgIpc) is 3.83. The number of hydrogen-bond acceptors (Lipinski definition) is 3. The lowest BCUT2D eigenvalue weighted by Gasteiger charge is -2.26. The van der Waals surface area contributed by atoms with Crippen molar-refractivity contribution < 1.29 is 8.83 Å². The van der Waals surface area contributed by atoms with E-state index in [1.165, 1.54) is 16.3 Å². The molecule has 0 aliphatic rings. The second-order valence-corrected chi connectivity index (χ2v) is 13.0. The first-order valence-electron chi connectivity index (χ1n) is 16.9. The summed E-state index contributed by atoms with van der Waals surface area (Å²) in [7, 11) is 0. The summed E-state index contributed by atoms with van der Waals surface area (Å²) in [5.41, 5.74) is 10.2. The molecule has 0 amide bonds. The number of para-hydroxylation sites is 4. The summed E-state index contributed by atoms with van der Waals surface area (Å²) >= 11 is 0. The third-order valence-corrected chi connectivity index (χ3v) is 10.1. The van der Waals surface area contributed by atoms with E-state index in [-0.39, 0.29) is 0 Å². The monoisotopic (exact) mass is 640 g/mol. The van der Waals surface area contributed by atoms with Crippen molar-refractivity contribution in [2.75, 3.05) is 4.90 Å². The topological polar surface area (TPSA) is 34.5 Å². The van der Waals surface area contributed by atoms with Gasteiger partial charge in [-0.15, -0.1) is 0 Å². The van der Waals surface area contributed by atoms with E-state index in [9.17, 15) is 0 Å². The fourth-order valence-electron chi connectivity index (χ4n) is 7.85. The van der Waals surface area contributed by atoms with E-state index in [1.807, 2.05) is 24.3 Å². The van der Waals surface area contributed by atoms with Gasteiger partial charge in [0.15, 0.2) is 0 Å². The fourth-order valence-corrected chi connectivity index (χ4v) is 7.85. The Labute approximate surface area is 286 Å². The standard InChI is InChI=1S/C46H28N2O2/c1-2-10-31(11-3-1)48-41-15-7-4-12-35(41)36-22-20-34(28-42(36)48)47(33-21-23-45-40(27-33)38-14-6-8-16-43(38)49-45)32-19-18-29-26-46-39(25-30(29)24-32)37-13-5-9-17-44(37)50-46/h1-28H. The summed E-state index contributed by atoms with van der Waals surface area (Å²) < 4.78 is 14.9. The predicted molar refractivity (Wildman–Crippen MR) is 208 cm³/mol. The van der Waals surface area contributed by atoms with Gasteiger partial charge < -0.3 is 18.3 Å². The predicted octanol–water partition coefficient (Wildman–Crippen LogP) is 13.2. The van der Waals surface area contributed by atoms with E-state index < -0.39 is 0 Å². The molecule has 0 aliphatic carbocycles. The smallest absolute Gasteiger partial charge is 0.136 e. The van der Waals surface area contributed by atoms with Crippen LogP contribution in [0.1, 0.15) is 0 Å². The van der Waals surface area contributed by atoms with E-state index >= 15 is 0 Å². The molecule has 3 heterocycles. The van der Waals surface area contributed by atoms with Crippen LogP contribution in [-0.4, -0.2) is 4.57 Å². The number of benzene rings is 8. The number of furan rings is 2. The largest absolute Gasteiger partial charge is 0.456 e. The molecule has 0 saturated carbocycles. The lowest BCUT2D eigenvalue weighted by Crippen LogP contribution is -2.10. The summed E-state index contributed by atoms with van der Waals surface area (Å²) in [5, 5.41) is 9.19. The zero-order valence-corrected chi connectivity index (χ0v) is 26.9. The van der Waals surface area contributed by atoms with E-state index in [4.69, 9.17) is 8.83 Å². The zero-order valence-electron chi connectivity index (χ0n) is 26.9. The van der Waals surface area contributed by atoms with E-state index in [0.717, 1.165) is 82.9 Å². The number of rotatable bonds is 4. The minimum absolute atomic E-state index is 0.877. The average molecular weight is 641 g/mol. The highest BCUT2D eigenvalue weighted by molar-refractivity contribution is 6.12. The molecule has 0 saturated heterocycles. The second-order valence-electron chi connectivity index (χ2n) is 13.0. The number of nitrogens with zero attached hydrogens (tertiary/aromatic N) is 2. The van der Waals surface area contributed by atoms with E-state index in [1.54, 1.807) is 0 Å². The van der Waals surface area contributed by atoms with Gasteiger partial charge in [0.1, 0.15) is 22.3 Å². The Bertz CT molecular complexity index is 3110. The maximum Gasteiger partial charge on any atom is 0.136 e. The van der Waals surface area contributed by atoms with Gasteiger partial charge in [0.05, 0.1) is 11.0 Å². The molecule has 0 unspecified atom stereocenters. The quantitative estimate of drug-likeness (QED) is 0.192. The minimum atomic E-state index is 0.877. The van der Waals surface area contributed by atoms with Crippen LogP contribution < -0.4 is 4.90 Å². The molecule has 4 nitrogen and oxygen atoms in total. The summed E-state index contributed by atoms with van der Waals surface area (Å²) in [5.74, 6) is 0. The Hall–Kier alpha value is -6.78. The molecule has 50 heavy (non-hydrogen) atoms. The first-order valence-corrected chi connectivity index (χ1v) is 16.9.